The molecule has 1 aliphatic heterocycles. The second-order valence-electron chi connectivity index (χ2n) is 12.6. The van der Waals surface area contributed by atoms with Gasteiger partial charge in [0.2, 0.25) is 0 Å². The van der Waals surface area contributed by atoms with Gasteiger partial charge in [-0.1, -0.05) is 51.1 Å². The van der Waals surface area contributed by atoms with E-state index < -0.39 is 0 Å². The largest absolute Gasteiger partial charge is 0.355 e. The number of urea groups is 1. The van der Waals surface area contributed by atoms with Gasteiger partial charge in [-0.05, 0) is 81.1 Å². The molecular weight excluding hydrogens is 548 g/mol. The number of carbonyl (C=O) groups excluding carboxylic acids is 1. The van der Waals surface area contributed by atoms with Gasteiger partial charge >= 0.3 is 6.03 Å². The number of amides is 2. The first-order valence-corrected chi connectivity index (χ1v) is 15.2. The van der Waals surface area contributed by atoms with Gasteiger partial charge in [0.05, 0.1) is 29.4 Å². The number of aromatic nitrogens is 4. The number of rotatable bonds is 6. The van der Waals surface area contributed by atoms with E-state index in [2.05, 4.69) is 65.8 Å². The maximum Gasteiger partial charge on any atom is 0.324 e. The molecule has 1 fully saturated rings. The molecule has 5 aromatic rings. The molecule has 0 aliphatic carbocycles. The Morgan fingerprint density at radius 3 is 2.43 bits per heavy atom. The van der Waals surface area contributed by atoms with Crippen LogP contribution in [0.5, 0.6) is 0 Å². The van der Waals surface area contributed by atoms with Crippen molar-refractivity contribution in [2.75, 3.05) is 29.5 Å². The van der Waals surface area contributed by atoms with Crippen LogP contribution >= 0.6 is 0 Å². The van der Waals surface area contributed by atoms with Gasteiger partial charge in [-0.15, -0.1) is 0 Å². The molecule has 9 heteroatoms. The standard InChI is InChI=1S/C35H40N8O/c1-23-13-15-25(22-36-23)43-33(20-30(41-43)35(2,3)4)40-34(44)38-29-17-16-26(27-10-6-7-11-28(27)29)24-14-18-31(37-21-24)39-32-12-8-9-19-42(32)5/h6-7,10-11,13-18,20-22,32H,8-9,12,19H2,1-5H3,(H,37,39)(H2,38,40,44). The smallest absolute Gasteiger partial charge is 0.324 e. The molecule has 2 aromatic carbocycles. The van der Waals surface area contributed by atoms with Crippen molar-refractivity contribution in [3.8, 4) is 16.8 Å². The zero-order valence-corrected chi connectivity index (χ0v) is 26.1. The monoisotopic (exact) mass is 588 g/mol. The first-order chi connectivity index (χ1) is 21.2. The minimum absolute atomic E-state index is 0.197. The number of nitrogens with zero attached hydrogens (tertiary/aromatic N) is 5. The van der Waals surface area contributed by atoms with E-state index in [4.69, 9.17) is 10.1 Å². The van der Waals surface area contributed by atoms with E-state index in [9.17, 15) is 4.79 Å². The van der Waals surface area contributed by atoms with Gasteiger partial charge in [0, 0.05) is 34.3 Å². The van der Waals surface area contributed by atoms with Crippen LogP contribution in [-0.4, -0.2) is 50.4 Å². The fourth-order valence-corrected chi connectivity index (χ4v) is 5.62. The molecule has 9 nitrogen and oxygen atoms in total. The summed E-state index contributed by atoms with van der Waals surface area (Å²) in [6, 6.07) is 21.7. The molecule has 0 spiro atoms. The van der Waals surface area contributed by atoms with Crippen molar-refractivity contribution in [1.82, 2.24) is 24.6 Å². The predicted molar refractivity (Wildman–Crippen MR) is 179 cm³/mol. The number of fused-ring (bicyclic) bond motifs is 1. The van der Waals surface area contributed by atoms with Gasteiger partial charge in [0.25, 0.3) is 0 Å². The minimum atomic E-state index is -0.352. The molecule has 1 aliphatic rings. The summed E-state index contributed by atoms with van der Waals surface area (Å²) in [6.07, 6.45) is 7.59. The lowest BCUT2D eigenvalue weighted by Gasteiger charge is -2.33. The molecule has 2 amide bonds. The molecule has 0 bridgehead atoms. The summed E-state index contributed by atoms with van der Waals surface area (Å²) in [5.74, 6) is 1.44. The van der Waals surface area contributed by atoms with E-state index >= 15 is 0 Å². The van der Waals surface area contributed by atoms with E-state index in [0.29, 0.717) is 17.7 Å². The number of pyridine rings is 2. The van der Waals surface area contributed by atoms with Crippen LogP contribution in [0.15, 0.2) is 79.1 Å². The van der Waals surface area contributed by atoms with Crippen LogP contribution in [0.4, 0.5) is 22.1 Å². The number of piperidine rings is 1. The highest BCUT2D eigenvalue weighted by atomic mass is 16.2. The Bertz CT molecular complexity index is 1770. The van der Waals surface area contributed by atoms with Gasteiger partial charge in [0.15, 0.2) is 0 Å². The summed E-state index contributed by atoms with van der Waals surface area (Å²) >= 11 is 0. The molecule has 1 unspecified atom stereocenters. The molecule has 0 radical (unpaired) electrons. The summed E-state index contributed by atoms with van der Waals surface area (Å²) in [5, 5.41) is 16.4. The molecule has 3 N–H and O–H groups in total. The Hall–Kier alpha value is -4.76. The highest BCUT2D eigenvalue weighted by Gasteiger charge is 2.22. The zero-order chi connectivity index (χ0) is 30.8. The maximum atomic E-state index is 13.4. The minimum Gasteiger partial charge on any atom is -0.355 e. The van der Waals surface area contributed by atoms with E-state index in [1.807, 2.05) is 67.7 Å². The van der Waals surface area contributed by atoms with E-state index in [-0.39, 0.29) is 11.4 Å². The number of hydrogen-bond donors (Lipinski definition) is 3. The Morgan fingerprint density at radius 1 is 0.909 bits per heavy atom. The Morgan fingerprint density at radius 2 is 1.73 bits per heavy atom. The van der Waals surface area contributed by atoms with Crippen LogP contribution in [0.3, 0.4) is 0 Å². The Labute approximate surface area is 258 Å². The molecule has 6 rings (SSSR count). The van der Waals surface area contributed by atoms with Gasteiger partial charge in [-0.25, -0.2) is 14.5 Å². The number of benzene rings is 2. The molecular formula is C35H40N8O. The molecule has 1 atom stereocenters. The van der Waals surface area contributed by atoms with E-state index in [1.54, 1.807) is 10.9 Å². The van der Waals surface area contributed by atoms with Crippen molar-refractivity contribution in [3.63, 3.8) is 0 Å². The third-order valence-corrected chi connectivity index (χ3v) is 8.19. The van der Waals surface area contributed by atoms with E-state index in [0.717, 1.165) is 57.8 Å². The molecule has 44 heavy (non-hydrogen) atoms. The topological polar surface area (TPSA) is 100 Å². The Balaban J connectivity index is 1.24. The summed E-state index contributed by atoms with van der Waals surface area (Å²) < 4.78 is 1.73. The van der Waals surface area contributed by atoms with E-state index in [1.165, 1.54) is 12.8 Å². The number of likely N-dealkylation sites (tertiary alicyclic amines) is 1. The fourth-order valence-electron chi connectivity index (χ4n) is 5.62. The molecule has 4 heterocycles. The number of anilines is 3. The van der Waals surface area contributed by atoms with Crippen molar-refractivity contribution >= 4 is 34.1 Å². The second-order valence-corrected chi connectivity index (χ2v) is 12.6. The highest BCUT2D eigenvalue weighted by Crippen LogP contribution is 2.34. The van der Waals surface area contributed by atoms with Crippen LogP contribution in [-0.2, 0) is 5.41 Å². The lowest BCUT2D eigenvalue weighted by atomic mass is 9.92. The van der Waals surface area contributed by atoms with Crippen molar-refractivity contribution in [3.05, 3.63) is 90.5 Å². The number of nitrogens with one attached hydrogen (secondary N) is 3. The van der Waals surface area contributed by atoms with Crippen molar-refractivity contribution in [2.45, 2.75) is 58.5 Å². The first kappa shape index (κ1) is 29.3. The summed E-state index contributed by atoms with van der Waals surface area (Å²) in [4.78, 5) is 24.9. The summed E-state index contributed by atoms with van der Waals surface area (Å²) in [7, 11) is 2.16. The summed E-state index contributed by atoms with van der Waals surface area (Å²) in [6.45, 7) is 9.33. The van der Waals surface area contributed by atoms with Gasteiger partial charge in [-0.2, -0.15) is 5.10 Å². The van der Waals surface area contributed by atoms with Crippen LogP contribution in [0.2, 0.25) is 0 Å². The number of hydrogen-bond acceptors (Lipinski definition) is 6. The normalized spacial score (nSPS) is 15.7. The lowest BCUT2D eigenvalue weighted by Crippen LogP contribution is -2.41. The van der Waals surface area contributed by atoms with Crippen LogP contribution in [0.25, 0.3) is 27.6 Å². The molecule has 226 valence electrons. The maximum absolute atomic E-state index is 13.4. The average molecular weight is 589 g/mol. The Kier molecular flexibility index (Phi) is 8.05. The fraction of sp³-hybridized carbons (Fsp3) is 0.314. The zero-order valence-electron chi connectivity index (χ0n) is 26.1. The number of aryl methyl sites for hydroxylation is 1. The van der Waals surface area contributed by atoms with Gasteiger partial charge in [0.1, 0.15) is 11.6 Å². The third-order valence-electron chi connectivity index (χ3n) is 8.19. The van der Waals surface area contributed by atoms with Gasteiger partial charge in [-0.3, -0.25) is 15.2 Å². The van der Waals surface area contributed by atoms with Crippen molar-refractivity contribution in [2.24, 2.45) is 0 Å². The molecule has 0 saturated carbocycles. The summed E-state index contributed by atoms with van der Waals surface area (Å²) in [5.41, 5.74) is 5.14. The predicted octanol–water partition coefficient (Wildman–Crippen LogP) is 7.59. The molecule has 3 aromatic heterocycles. The quantitative estimate of drug-likeness (QED) is 0.189. The third kappa shape index (κ3) is 6.28. The average Bonchev–Trinajstić information content (AvgIpc) is 3.44. The highest BCUT2D eigenvalue weighted by molar-refractivity contribution is 6.09. The van der Waals surface area contributed by atoms with Crippen LogP contribution in [0.1, 0.15) is 51.4 Å². The van der Waals surface area contributed by atoms with Crippen LogP contribution < -0.4 is 16.0 Å². The van der Waals surface area contributed by atoms with Crippen LogP contribution in [0, 0.1) is 6.92 Å². The second kappa shape index (κ2) is 12.1. The van der Waals surface area contributed by atoms with Crippen molar-refractivity contribution < 1.29 is 4.79 Å². The van der Waals surface area contributed by atoms with Gasteiger partial charge < -0.3 is 10.6 Å². The van der Waals surface area contributed by atoms with Crippen molar-refractivity contribution in [1.29, 1.82) is 0 Å². The number of carbonyl (C=O) groups is 1. The SMILES string of the molecule is Cc1ccc(-n2nc(C(C)(C)C)cc2NC(=O)Nc2ccc(-c3ccc(NC4CCCCN4C)nc3)c3ccccc23)cn1. The lowest BCUT2D eigenvalue weighted by molar-refractivity contribution is 0.206. The molecule has 1 saturated heterocycles. The first-order valence-electron chi connectivity index (χ1n) is 15.2.